The summed E-state index contributed by atoms with van der Waals surface area (Å²) in [6.45, 7) is 1.98. The number of hydrogen-bond donors (Lipinski definition) is 2. The molecular weight excluding hydrogens is 672 g/mol. The van der Waals surface area contributed by atoms with Gasteiger partial charge in [-0.1, -0.05) is 42.5 Å². The van der Waals surface area contributed by atoms with Crippen molar-refractivity contribution in [2.45, 2.75) is 13.5 Å². The summed E-state index contributed by atoms with van der Waals surface area (Å²) in [7, 11) is 0. The van der Waals surface area contributed by atoms with Crippen LogP contribution in [0, 0.1) is 14.1 Å². The second-order valence-corrected chi connectivity index (χ2v) is 10.2. The number of carbonyl (C=O) groups excluding carboxylic acids is 3. The molecule has 0 atom stereocenters. The molecule has 9 heteroatoms. The van der Waals surface area contributed by atoms with Crippen molar-refractivity contribution in [1.82, 2.24) is 10.2 Å². The van der Waals surface area contributed by atoms with Gasteiger partial charge in [0.05, 0.1) is 7.14 Å². The predicted octanol–water partition coefficient (Wildman–Crippen LogP) is 5.31. The van der Waals surface area contributed by atoms with Crippen molar-refractivity contribution in [1.29, 1.82) is 0 Å². The Labute approximate surface area is 230 Å². The van der Waals surface area contributed by atoms with E-state index in [0.717, 1.165) is 34.5 Å². The number of carbonyl (C=O) groups is 3. The average Bonchev–Trinajstić information content (AvgIpc) is 3.06. The third-order valence-corrected chi connectivity index (χ3v) is 6.73. The Bertz CT molecular complexity index is 1300. The quantitative estimate of drug-likeness (QED) is 0.200. The lowest BCUT2D eigenvalue weighted by atomic mass is 10.2. The Morgan fingerprint density at radius 2 is 1.74 bits per heavy atom. The molecule has 0 radical (unpaired) electrons. The first-order valence-corrected chi connectivity index (χ1v) is 12.8. The van der Waals surface area contributed by atoms with E-state index in [0.29, 0.717) is 12.3 Å². The molecule has 3 aromatic carbocycles. The van der Waals surface area contributed by atoms with Crippen LogP contribution >= 0.6 is 45.2 Å². The summed E-state index contributed by atoms with van der Waals surface area (Å²) in [5.74, 6) is -0.249. The number of nitrogens with zero attached hydrogens (tertiary/aromatic N) is 1. The lowest BCUT2D eigenvalue weighted by Crippen LogP contribution is -2.38. The van der Waals surface area contributed by atoms with Gasteiger partial charge in [-0.3, -0.25) is 9.59 Å². The second-order valence-electron chi connectivity index (χ2n) is 7.89. The molecule has 0 unspecified atom stereocenters. The molecule has 4 rings (SSSR count). The van der Waals surface area contributed by atoms with Crippen LogP contribution in [0.2, 0.25) is 0 Å². The Morgan fingerprint density at radius 3 is 2.43 bits per heavy atom. The molecule has 1 aliphatic rings. The fraction of sp³-hybridized carbons (Fsp3) is 0.115. The molecule has 2 N–H and O–H groups in total. The van der Waals surface area contributed by atoms with Gasteiger partial charge in [-0.25, -0.2) is 9.69 Å². The maximum absolute atomic E-state index is 12.8. The second kappa shape index (κ2) is 11.2. The van der Waals surface area contributed by atoms with E-state index in [1.165, 1.54) is 0 Å². The zero-order chi connectivity index (χ0) is 24.9. The van der Waals surface area contributed by atoms with Crippen molar-refractivity contribution in [3.8, 4) is 5.75 Å². The number of imide groups is 1. The highest BCUT2D eigenvalue weighted by atomic mass is 127. The summed E-state index contributed by atoms with van der Waals surface area (Å²) in [4.78, 5) is 38.5. The van der Waals surface area contributed by atoms with Crippen LogP contribution in [0.4, 0.5) is 10.5 Å². The molecular formula is C26H21I2N3O4. The first-order valence-electron chi connectivity index (χ1n) is 10.7. The molecule has 178 valence electrons. The first kappa shape index (κ1) is 25.2. The summed E-state index contributed by atoms with van der Waals surface area (Å²) < 4.78 is 7.77. The maximum atomic E-state index is 12.8. The third-order valence-electron chi connectivity index (χ3n) is 5.12. The van der Waals surface area contributed by atoms with Gasteiger partial charge < -0.3 is 15.4 Å². The number of halogens is 2. The summed E-state index contributed by atoms with van der Waals surface area (Å²) in [6, 6.07) is 20.3. The van der Waals surface area contributed by atoms with Gasteiger partial charge in [0.25, 0.3) is 5.91 Å². The lowest BCUT2D eigenvalue weighted by molar-refractivity contribution is -0.127. The number of urea groups is 1. The minimum Gasteiger partial charge on any atom is -0.487 e. The van der Waals surface area contributed by atoms with Crippen LogP contribution in [0.1, 0.15) is 16.7 Å². The Hall–Kier alpha value is -2.93. The van der Waals surface area contributed by atoms with E-state index in [9.17, 15) is 14.4 Å². The number of anilines is 1. The molecule has 1 fully saturated rings. The molecule has 4 amide bonds. The standard InChI is InChI=1S/C26H21I2N3O4/c1-16-6-5-9-19(10-16)29-23(32)14-31-25(33)22(30-26(31)34)13-18-11-20(27)24(21(28)12-18)35-15-17-7-3-2-4-8-17/h2-13H,14-15H2,1H3,(H,29,32)(H,30,34)/b22-13+. The van der Waals surface area contributed by atoms with Gasteiger partial charge in [0.1, 0.15) is 24.6 Å². The zero-order valence-electron chi connectivity index (χ0n) is 18.7. The monoisotopic (exact) mass is 693 g/mol. The number of hydrogen-bond acceptors (Lipinski definition) is 4. The minimum absolute atomic E-state index is 0.114. The van der Waals surface area contributed by atoms with E-state index in [2.05, 4.69) is 55.8 Å². The summed E-state index contributed by atoms with van der Waals surface area (Å²) in [5.41, 5.74) is 3.51. The predicted molar refractivity (Wildman–Crippen MR) is 151 cm³/mol. The van der Waals surface area contributed by atoms with E-state index >= 15 is 0 Å². The van der Waals surface area contributed by atoms with Crippen molar-refractivity contribution in [3.05, 3.63) is 96.3 Å². The molecule has 0 spiro atoms. The Morgan fingerprint density at radius 1 is 1.03 bits per heavy atom. The van der Waals surface area contributed by atoms with Crippen LogP contribution in [0.5, 0.6) is 5.75 Å². The number of amides is 4. The first-order chi connectivity index (χ1) is 16.8. The normalized spacial score (nSPS) is 14.3. The van der Waals surface area contributed by atoms with Gasteiger partial charge in [0, 0.05) is 5.69 Å². The van der Waals surface area contributed by atoms with Crippen LogP contribution in [-0.2, 0) is 16.2 Å². The SMILES string of the molecule is Cc1cccc(NC(=O)CN2C(=O)N/C(=C/c3cc(I)c(OCc4ccccc4)c(I)c3)C2=O)c1. The molecule has 1 heterocycles. The highest BCUT2D eigenvalue weighted by Gasteiger charge is 2.35. The minimum atomic E-state index is -0.632. The topological polar surface area (TPSA) is 87.7 Å². The van der Waals surface area contributed by atoms with Gasteiger partial charge in [-0.05, 0) is 99.1 Å². The van der Waals surface area contributed by atoms with Crippen molar-refractivity contribution >= 4 is 74.8 Å². The van der Waals surface area contributed by atoms with Crippen LogP contribution in [0.25, 0.3) is 6.08 Å². The molecule has 0 aromatic heterocycles. The van der Waals surface area contributed by atoms with E-state index in [1.54, 1.807) is 12.1 Å². The number of rotatable bonds is 7. The fourth-order valence-corrected chi connectivity index (χ4v) is 5.61. The molecule has 1 saturated heterocycles. The molecule has 0 bridgehead atoms. The summed E-state index contributed by atoms with van der Waals surface area (Å²) in [5, 5.41) is 5.28. The Balaban J connectivity index is 1.44. The molecule has 3 aromatic rings. The van der Waals surface area contributed by atoms with E-state index in [1.807, 2.05) is 67.6 Å². The largest absolute Gasteiger partial charge is 0.487 e. The number of ether oxygens (including phenoxy) is 1. The highest BCUT2D eigenvalue weighted by molar-refractivity contribution is 14.1. The van der Waals surface area contributed by atoms with Crippen LogP contribution in [0.15, 0.2) is 72.4 Å². The van der Waals surface area contributed by atoms with Gasteiger partial charge in [0.2, 0.25) is 5.91 Å². The highest BCUT2D eigenvalue weighted by Crippen LogP contribution is 2.31. The molecule has 0 saturated carbocycles. The van der Waals surface area contributed by atoms with Gasteiger partial charge >= 0.3 is 6.03 Å². The molecule has 0 aliphatic carbocycles. The lowest BCUT2D eigenvalue weighted by Gasteiger charge is -2.12. The third kappa shape index (κ3) is 6.40. The number of aryl methyl sites for hydroxylation is 1. The van der Waals surface area contributed by atoms with Crippen LogP contribution in [0.3, 0.4) is 0 Å². The van der Waals surface area contributed by atoms with Crippen LogP contribution in [-0.4, -0.2) is 29.3 Å². The van der Waals surface area contributed by atoms with E-state index in [-0.39, 0.29) is 12.2 Å². The number of benzene rings is 3. The van der Waals surface area contributed by atoms with E-state index < -0.39 is 17.8 Å². The molecule has 7 nitrogen and oxygen atoms in total. The van der Waals surface area contributed by atoms with Crippen molar-refractivity contribution in [2.24, 2.45) is 0 Å². The van der Waals surface area contributed by atoms with Crippen molar-refractivity contribution in [2.75, 3.05) is 11.9 Å². The Kier molecular flexibility index (Phi) is 8.06. The van der Waals surface area contributed by atoms with Gasteiger partial charge in [0.15, 0.2) is 0 Å². The van der Waals surface area contributed by atoms with E-state index in [4.69, 9.17) is 4.74 Å². The number of nitrogens with one attached hydrogen (secondary N) is 2. The summed E-state index contributed by atoms with van der Waals surface area (Å²) in [6.07, 6.45) is 1.60. The summed E-state index contributed by atoms with van der Waals surface area (Å²) >= 11 is 4.38. The molecule has 35 heavy (non-hydrogen) atoms. The average molecular weight is 693 g/mol. The van der Waals surface area contributed by atoms with Gasteiger partial charge in [-0.2, -0.15) is 0 Å². The zero-order valence-corrected chi connectivity index (χ0v) is 23.0. The van der Waals surface area contributed by atoms with Crippen molar-refractivity contribution in [3.63, 3.8) is 0 Å². The smallest absolute Gasteiger partial charge is 0.329 e. The van der Waals surface area contributed by atoms with Gasteiger partial charge in [-0.15, -0.1) is 0 Å². The fourth-order valence-electron chi connectivity index (χ4n) is 3.48. The van der Waals surface area contributed by atoms with Crippen LogP contribution < -0.4 is 15.4 Å². The maximum Gasteiger partial charge on any atom is 0.329 e. The van der Waals surface area contributed by atoms with Crippen molar-refractivity contribution < 1.29 is 19.1 Å². The molecule has 1 aliphatic heterocycles.